The molecule has 4 heteroatoms. The van der Waals surface area contributed by atoms with Gasteiger partial charge in [-0.25, -0.2) is 0 Å². The van der Waals surface area contributed by atoms with Crippen LogP contribution in [0.25, 0.3) is 0 Å². The van der Waals surface area contributed by atoms with Crippen molar-refractivity contribution < 1.29 is 4.74 Å². The first kappa shape index (κ1) is 14.7. The van der Waals surface area contributed by atoms with Gasteiger partial charge in [0, 0.05) is 28.4 Å². The van der Waals surface area contributed by atoms with Crippen LogP contribution in [0.5, 0.6) is 5.75 Å². The van der Waals surface area contributed by atoms with E-state index in [-0.39, 0.29) is 0 Å². The number of rotatable bonds is 4. The highest BCUT2D eigenvalue weighted by molar-refractivity contribution is 9.10. The van der Waals surface area contributed by atoms with Crippen LogP contribution in [-0.2, 0) is 13.0 Å². The van der Waals surface area contributed by atoms with Gasteiger partial charge in [0.05, 0.1) is 6.61 Å². The van der Waals surface area contributed by atoms with Gasteiger partial charge in [-0.2, -0.15) is 0 Å². The molecule has 1 aliphatic carbocycles. The lowest BCUT2D eigenvalue weighted by molar-refractivity contribution is 0.338. The molecule has 0 saturated heterocycles. The summed E-state index contributed by atoms with van der Waals surface area (Å²) in [5.41, 5.74) is 2.61. The van der Waals surface area contributed by atoms with Gasteiger partial charge in [0.15, 0.2) is 0 Å². The van der Waals surface area contributed by atoms with Crippen LogP contribution in [0.1, 0.15) is 36.8 Å². The van der Waals surface area contributed by atoms with Crippen molar-refractivity contribution >= 4 is 27.5 Å². The second kappa shape index (κ2) is 6.67. The molecule has 0 bridgehead atoms. The van der Waals surface area contributed by atoms with Crippen LogP contribution in [0.2, 0.25) is 0 Å². The van der Waals surface area contributed by atoms with Crippen LogP contribution >= 0.6 is 27.5 Å². The number of ether oxygens (including phenoxy) is 1. The van der Waals surface area contributed by atoms with Gasteiger partial charge in [0.2, 0.25) is 0 Å². The van der Waals surface area contributed by atoms with Crippen LogP contribution in [0.15, 0.2) is 16.6 Å². The first-order chi connectivity index (χ1) is 9.72. The summed E-state index contributed by atoms with van der Waals surface area (Å²) in [5, 5.41) is 4.01. The Hall–Kier alpha value is -0.250. The molecule has 1 fully saturated rings. The van der Waals surface area contributed by atoms with Gasteiger partial charge < -0.3 is 10.1 Å². The van der Waals surface area contributed by atoms with Crippen molar-refractivity contribution in [2.45, 2.75) is 44.0 Å². The Labute approximate surface area is 134 Å². The van der Waals surface area contributed by atoms with Crippen LogP contribution in [-0.4, -0.2) is 18.5 Å². The monoisotopic (exact) mass is 357 g/mol. The number of hydrogen-bond donors (Lipinski definition) is 1. The molecule has 1 aliphatic heterocycles. The molecule has 3 rings (SSSR count). The molecule has 0 spiro atoms. The zero-order chi connectivity index (χ0) is 13.9. The van der Waals surface area contributed by atoms with Gasteiger partial charge in [0.1, 0.15) is 5.75 Å². The van der Waals surface area contributed by atoms with E-state index in [4.69, 9.17) is 16.3 Å². The lowest BCUT2D eigenvalue weighted by atomic mass is 9.89. The summed E-state index contributed by atoms with van der Waals surface area (Å²) in [5.74, 6) is 1.89. The largest absolute Gasteiger partial charge is 0.493 e. The van der Waals surface area contributed by atoms with E-state index in [0.717, 1.165) is 42.3 Å². The van der Waals surface area contributed by atoms with E-state index in [1.807, 2.05) is 0 Å². The van der Waals surface area contributed by atoms with Gasteiger partial charge in [-0.1, -0.05) is 15.9 Å². The number of hydrogen-bond acceptors (Lipinski definition) is 2. The summed E-state index contributed by atoms with van der Waals surface area (Å²) in [6, 6.07) is 4.35. The first-order valence-corrected chi connectivity index (χ1v) is 8.74. The van der Waals surface area contributed by atoms with E-state index in [1.165, 1.54) is 36.8 Å². The topological polar surface area (TPSA) is 21.3 Å². The number of halogens is 2. The van der Waals surface area contributed by atoms with Crippen LogP contribution in [0.3, 0.4) is 0 Å². The fourth-order valence-corrected chi connectivity index (χ4v) is 4.02. The zero-order valence-electron chi connectivity index (χ0n) is 11.6. The number of fused-ring (bicyclic) bond motifs is 1. The standard InChI is InChI=1S/C16H21BrClNO/c17-14-7-12-5-6-20-16(12)13(8-14)10-19-9-11-1-3-15(18)4-2-11/h7-8,11,15,19H,1-6,9-10H2. The van der Waals surface area contributed by atoms with Crippen LogP contribution < -0.4 is 10.1 Å². The summed E-state index contributed by atoms with van der Waals surface area (Å²) in [6.07, 6.45) is 5.89. The van der Waals surface area contributed by atoms with E-state index in [2.05, 4.69) is 33.4 Å². The molecule has 2 nitrogen and oxygen atoms in total. The van der Waals surface area contributed by atoms with Crippen molar-refractivity contribution in [3.05, 3.63) is 27.7 Å². The zero-order valence-corrected chi connectivity index (χ0v) is 14.0. The Bertz CT molecular complexity index is 472. The van der Waals surface area contributed by atoms with Crippen molar-refractivity contribution in [3.8, 4) is 5.75 Å². The molecule has 1 aromatic carbocycles. The Morgan fingerprint density at radius 3 is 2.85 bits per heavy atom. The first-order valence-electron chi connectivity index (χ1n) is 7.51. The molecule has 0 unspecified atom stereocenters. The fourth-order valence-electron chi connectivity index (χ4n) is 3.21. The van der Waals surface area contributed by atoms with E-state index < -0.39 is 0 Å². The summed E-state index contributed by atoms with van der Waals surface area (Å²) >= 11 is 9.74. The SMILES string of the molecule is ClC1CCC(CNCc2cc(Br)cc3c2OCC3)CC1. The maximum Gasteiger partial charge on any atom is 0.127 e. The minimum absolute atomic E-state index is 0.410. The lowest BCUT2D eigenvalue weighted by Gasteiger charge is -2.25. The minimum Gasteiger partial charge on any atom is -0.493 e. The third-order valence-electron chi connectivity index (χ3n) is 4.35. The van der Waals surface area contributed by atoms with E-state index in [9.17, 15) is 0 Å². The second-order valence-electron chi connectivity index (χ2n) is 5.90. The smallest absolute Gasteiger partial charge is 0.127 e. The molecule has 0 amide bonds. The average molecular weight is 359 g/mol. The maximum atomic E-state index is 6.15. The van der Waals surface area contributed by atoms with Gasteiger partial charge >= 0.3 is 0 Å². The predicted octanol–water partition coefficient (Wildman–Crippen LogP) is 4.27. The predicted molar refractivity (Wildman–Crippen MR) is 86.6 cm³/mol. The van der Waals surface area contributed by atoms with Gasteiger partial charge in [-0.05, 0) is 55.8 Å². The average Bonchev–Trinajstić information content (AvgIpc) is 2.89. The van der Waals surface area contributed by atoms with Crippen molar-refractivity contribution in [1.82, 2.24) is 5.32 Å². The normalized spacial score (nSPS) is 25.3. The highest BCUT2D eigenvalue weighted by Crippen LogP contribution is 2.33. The van der Waals surface area contributed by atoms with Crippen molar-refractivity contribution in [2.24, 2.45) is 5.92 Å². The van der Waals surface area contributed by atoms with E-state index in [1.54, 1.807) is 0 Å². The summed E-state index contributed by atoms with van der Waals surface area (Å²) in [7, 11) is 0. The van der Waals surface area contributed by atoms with Crippen LogP contribution in [0.4, 0.5) is 0 Å². The quantitative estimate of drug-likeness (QED) is 0.812. The van der Waals surface area contributed by atoms with Crippen molar-refractivity contribution in [1.29, 1.82) is 0 Å². The summed E-state index contributed by atoms with van der Waals surface area (Å²) in [6.45, 7) is 2.80. The minimum atomic E-state index is 0.410. The molecule has 20 heavy (non-hydrogen) atoms. The van der Waals surface area contributed by atoms with Crippen molar-refractivity contribution in [2.75, 3.05) is 13.2 Å². The second-order valence-corrected chi connectivity index (χ2v) is 7.43. The number of benzene rings is 1. The van der Waals surface area contributed by atoms with Gasteiger partial charge in [-0.3, -0.25) is 0 Å². The maximum absolute atomic E-state index is 6.15. The molecule has 1 heterocycles. The fraction of sp³-hybridized carbons (Fsp3) is 0.625. The highest BCUT2D eigenvalue weighted by atomic mass is 79.9. The highest BCUT2D eigenvalue weighted by Gasteiger charge is 2.20. The third-order valence-corrected chi connectivity index (χ3v) is 5.24. The molecule has 110 valence electrons. The molecule has 0 atom stereocenters. The molecule has 1 saturated carbocycles. The van der Waals surface area contributed by atoms with Crippen molar-refractivity contribution in [3.63, 3.8) is 0 Å². The molecular formula is C16H21BrClNO. The molecular weight excluding hydrogens is 338 g/mol. The van der Waals surface area contributed by atoms with E-state index in [0.29, 0.717) is 5.38 Å². The number of alkyl halides is 1. The lowest BCUT2D eigenvalue weighted by Crippen LogP contribution is -2.26. The Balaban J connectivity index is 1.54. The van der Waals surface area contributed by atoms with Crippen LogP contribution in [0, 0.1) is 5.92 Å². The van der Waals surface area contributed by atoms with Gasteiger partial charge in [-0.15, -0.1) is 11.6 Å². The van der Waals surface area contributed by atoms with E-state index >= 15 is 0 Å². The summed E-state index contributed by atoms with van der Waals surface area (Å²) < 4.78 is 6.92. The number of nitrogens with one attached hydrogen (secondary N) is 1. The third kappa shape index (κ3) is 3.49. The molecule has 2 aliphatic rings. The Morgan fingerprint density at radius 1 is 1.25 bits per heavy atom. The van der Waals surface area contributed by atoms with Gasteiger partial charge in [0.25, 0.3) is 0 Å². The Morgan fingerprint density at radius 2 is 2.05 bits per heavy atom. The molecule has 1 aromatic rings. The summed E-state index contributed by atoms with van der Waals surface area (Å²) in [4.78, 5) is 0. The molecule has 1 N–H and O–H groups in total. The Kier molecular flexibility index (Phi) is 4.90. The molecule has 0 aromatic heterocycles. The molecule has 0 radical (unpaired) electrons.